The van der Waals surface area contributed by atoms with Crippen LogP contribution in [0.2, 0.25) is 0 Å². The molecule has 0 aromatic carbocycles. The van der Waals surface area contributed by atoms with E-state index in [-0.39, 0.29) is 0 Å². The summed E-state index contributed by atoms with van der Waals surface area (Å²) in [6.45, 7) is 6.01. The molecule has 0 aliphatic heterocycles. The van der Waals surface area contributed by atoms with Crippen molar-refractivity contribution < 1.29 is 4.52 Å². The Morgan fingerprint density at radius 1 is 1.37 bits per heavy atom. The van der Waals surface area contributed by atoms with Crippen molar-refractivity contribution in [2.24, 2.45) is 4.99 Å². The molecule has 1 heterocycles. The molecule has 0 spiro atoms. The van der Waals surface area contributed by atoms with Gasteiger partial charge < -0.3 is 15.2 Å². The lowest BCUT2D eigenvalue weighted by Gasteiger charge is -2.10. The first-order chi connectivity index (χ1) is 9.26. The van der Waals surface area contributed by atoms with Gasteiger partial charge in [-0.3, -0.25) is 0 Å². The Morgan fingerprint density at radius 3 is 2.84 bits per heavy atom. The number of aromatic nitrogens is 2. The van der Waals surface area contributed by atoms with Gasteiger partial charge in [-0.1, -0.05) is 5.16 Å². The number of rotatable bonds is 8. The molecule has 7 heteroatoms. The van der Waals surface area contributed by atoms with E-state index >= 15 is 0 Å². The van der Waals surface area contributed by atoms with Crippen LogP contribution >= 0.6 is 11.8 Å². The monoisotopic (exact) mass is 285 g/mol. The van der Waals surface area contributed by atoms with E-state index in [9.17, 15) is 0 Å². The lowest BCUT2D eigenvalue weighted by atomic mass is 10.3. The summed E-state index contributed by atoms with van der Waals surface area (Å²) in [7, 11) is 0. The Hall–Kier alpha value is -1.24. The molecule has 0 saturated carbocycles. The number of thioether (sulfide) groups is 1. The topological polar surface area (TPSA) is 75.3 Å². The molecule has 0 fully saturated rings. The Kier molecular flexibility index (Phi) is 8.04. The predicted octanol–water partition coefficient (Wildman–Crippen LogP) is 1.58. The highest BCUT2D eigenvalue weighted by Crippen LogP contribution is 1.98. The molecule has 0 atom stereocenters. The summed E-state index contributed by atoms with van der Waals surface area (Å²) in [5.74, 6) is 3.18. The fraction of sp³-hybridized carbons (Fsp3) is 0.750. The summed E-state index contributed by atoms with van der Waals surface area (Å²) in [6.07, 6.45) is 4.50. The largest absolute Gasteiger partial charge is 0.357 e. The summed E-state index contributed by atoms with van der Waals surface area (Å²) in [6, 6.07) is 0. The van der Waals surface area contributed by atoms with Gasteiger partial charge in [0.1, 0.15) is 6.54 Å². The first-order valence-electron chi connectivity index (χ1n) is 6.56. The molecule has 0 saturated heterocycles. The van der Waals surface area contributed by atoms with Crippen molar-refractivity contribution in [1.82, 2.24) is 20.8 Å². The minimum atomic E-state index is 0.428. The normalized spacial score (nSPS) is 11.6. The Morgan fingerprint density at radius 2 is 2.21 bits per heavy atom. The highest BCUT2D eigenvalue weighted by molar-refractivity contribution is 7.98. The van der Waals surface area contributed by atoms with Gasteiger partial charge in [0.2, 0.25) is 5.89 Å². The standard InChI is InChI=1S/C12H23N5OS/c1-4-13-12(14-7-5-6-8-19-3)15-9-11-16-10(2)18-17-11/h4-9H2,1-3H3,(H2,13,14,15). The van der Waals surface area contributed by atoms with Crippen LogP contribution in [0.15, 0.2) is 9.52 Å². The van der Waals surface area contributed by atoms with E-state index in [0.717, 1.165) is 25.5 Å². The average molecular weight is 285 g/mol. The van der Waals surface area contributed by atoms with E-state index in [4.69, 9.17) is 4.52 Å². The first-order valence-corrected chi connectivity index (χ1v) is 7.96. The second-order valence-corrected chi connectivity index (χ2v) is 5.04. The van der Waals surface area contributed by atoms with Crippen LogP contribution in [0.1, 0.15) is 31.5 Å². The maximum atomic E-state index is 4.91. The van der Waals surface area contributed by atoms with E-state index in [2.05, 4.69) is 32.0 Å². The molecule has 2 N–H and O–H groups in total. The second kappa shape index (κ2) is 9.66. The Bertz CT molecular complexity index is 380. The van der Waals surface area contributed by atoms with Crippen molar-refractivity contribution in [3.05, 3.63) is 11.7 Å². The number of hydrogen-bond donors (Lipinski definition) is 2. The van der Waals surface area contributed by atoms with Crippen LogP contribution in [0.3, 0.4) is 0 Å². The molecule has 0 bridgehead atoms. The quantitative estimate of drug-likeness (QED) is 0.429. The van der Waals surface area contributed by atoms with Crippen molar-refractivity contribution in [3.63, 3.8) is 0 Å². The smallest absolute Gasteiger partial charge is 0.223 e. The van der Waals surface area contributed by atoms with Crippen LogP contribution in [-0.4, -0.2) is 41.2 Å². The van der Waals surface area contributed by atoms with Gasteiger partial charge in [-0.15, -0.1) is 0 Å². The van der Waals surface area contributed by atoms with E-state index in [1.807, 2.05) is 18.7 Å². The van der Waals surface area contributed by atoms with Gasteiger partial charge in [-0.2, -0.15) is 16.7 Å². The van der Waals surface area contributed by atoms with Crippen LogP contribution in [0.4, 0.5) is 0 Å². The fourth-order valence-corrected chi connectivity index (χ4v) is 1.97. The van der Waals surface area contributed by atoms with Gasteiger partial charge in [0, 0.05) is 20.0 Å². The van der Waals surface area contributed by atoms with Crippen LogP contribution < -0.4 is 10.6 Å². The molecule has 1 rings (SSSR count). The van der Waals surface area contributed by atoms with Crippen LogP contribution in [0, 0.1) is 6.92 Å². The zero-order chi connectivity index (χ0) is 13.9. The zero-order valence-corrected chi connectivity index (χ0v) is 12.7. The van der Waals surface area contributed by atoms with Gasteiger partial charge >= 0.3 is 0 Å². The minimum Gasteiger partial charge on any atom is -0.357 e. The summed E-state index contributed by atoms with van der Waals surface area (Å²) in [5, 5.41) is 10.3. The average Bonchev–Trinajstić information content (AvgIpc) is 2.81. The lowest BCUT2D eigenvalue weighted by molar-refractivity contribution is 0.387. The summed E-state index contributed by atoms with van der Waals surface area (Å²) in [5.41, 5.74) is 0. The van der Waals surface area contributed by atoms with Gasteiger partial charge in [0.15, 0.2) is 11.8 Å². The maximum absolute atomic E-state index is 4.91. The maximum Gasteiger partial charge on any atom is 0.223 e. The number of aliphatic imine (C=N–C) groups is 1. The van der Waals surface area contributed by atoms with E-state index in [1.54, 1.807) is 6.92 Å². The van der Waals surface area contributed by atoms with Gasteiger partial charge in [0.05, 0.1) is 0 Å². The molecule has 6 nitrogen and oxygen atoms in total. The van der Waals surface area contributed by atoms with Gasteiger partial charge in [-0.05, 0) is 31.8 Å². The van der Waals surface area contributed by atoms with E-state index in [0.29, 0.717) is 18.3 Å². The van der Waals surface area contributed by atoms with Crippen molar-refractivity contribution >= 4 is 17.7 Å². The molecule has 0 radical (unpaired) electrons. The molecule has 1 aromatic rings. The summed E-state index contributed by atoms with van der Waals surface area (Å²) >= 11 is 1.88. The molecular formula is C12H23N5OS. The lowest BCUT2D eigenvalue weighted by Crippen LogP contribution is -2.37. The molecule has 19 heavy (non-hydrogen) atoms. The number of aryl methyl sites for hydroxylation is 1. The third-order valence-corrected chi connectivity index (χ3v) is 3.06. The molecule has 0 aliphatic carbocycles. The van der Waals surface area contributed by atoms with Gasteiger partial charge in [-0.25, -0.2) is 4.99 Å². The van der Waals surface area contributed by atoms with Crippen molar-refractivity contribution in [1.29, 1.82) is 0 Å². The van der Waals surface area contributed by atoms with Crippen LogP contribution in [-0.2, 0) is 6.54 Å². The number of guanidine groups is 1. The summed E-state index contributed by atoms with van der Waals surface area (Å²) < 4.78 is 4.91. The second-order valence-electron chi connectivity index (χ2n) is 4.05. The fourth-order valence-electron chi connectivity index (χ4n) is 1.48. The zero-order valence-electron chi connectivity index (χ0n) is 11.9. The molecule has 0 unspecified atom stereocenters. The predicted molar refractivity (Wildman–Crippen MR) is 79.5 cm³/mol. The van der Waals surface area contributed by atoms with Crippen molar-refractivity contribution in [2.75, 3.05) is 25.1 Å². The highest BCUT2D eigenvalue weighted by atomic mass is 32.2. The third kappa shape index (κ3) is 7.05. The number of hydrogen-bond acceptors (Lipinski definition) is 5. The number of nitrogens with zero attached hydrogens (tertiary/aromatic N) is 3. The van der Waals surface area contributed by atoms with E-state index < -0.39 is 0 Å². The number of unbranched alkanes of at least 4 members (excludes halogenated alkanes) is 1. The van der Waals surface area contributed by atoms with Crippen LogP contribution in [0.5, 0.6) is 0 Å². The van der Waals surface area contributed by atoms with Crippen molar-refractivity contribution in [3.8, 4) is 0 Å². The summed E-state index contributed by atoms with van der Waals surface area (Å²) in [4.78, 5) is 8.54. The first kappa shape index (κ1) is 15.8. The molecule has 0 aliphatic rings. The molecule has 1 aromatic heterocycles. The molecular weight excluding hydrogens is 262 g/mol. The highest BCUT2D eigenvalue weighted by Gasteiger charge is 2.02. The SMILES string of the molecule is CCNC(=NCc1noc(C)n1)NCCCCSC. The Balaban J connectivity index is 2.33. The van der Waals surface area contributed by atoms with Crippen molar-refractivity contribution in [2.45, 2.75) is 33.2 Å². The number of nitrogens with one attached hydrogen (secondary N) is 2. The van der Waals surface area contributed by atoms with E-state index in [1.165, 1.54) is 12.2 Å². The Labute approximate surface area is 118 Å². The third-order valence-electron chi connectivity index (χ3n) is 2.36. The minimum absolute atomic E-state index is 0.428. The van der Waals surface area contributed by atoms with Crippen LogP contribution in [0.25, 0.3) is 0 Å². The van der Waals surface area contributed by atoms with Gasteiger partial charge in [0.25, 0.3) is 0 Å². The molecule has 0 amide bonds. The molecule has 108 valence electrons.